The minimum absolute atomic E-state index is 0.161. The second kappa shape index (κ2) is 5.89. The summed E-state index contributed by atoms with van der Waals surface area (Å²) in [5, 5.41) is 3.93. The predicted octanol–water partition coefficient (Wildman–Crippen LogP) is 2.72. The van der Waals surface area contributed by atoms with Gasteiger partial charge in [-0.05, 0) is 31.7 Å². The van der Waals surface area contributed by atoms with Gasteiger partial charge in [0, 0.05) is 11.6 Å². The quantitative estimate of drug-likeness (QED) is 0.812. The Morgan fingerprint density at radius 3 is 2.93 bits per heavy atom. The van der Waals surface area contributed by atoms with Crippen LogP contribution in [0.2, 0.25) is 5.02 Å². The zero-order valence-corrected chi connectivity index (χ0v) is 9.34. The van der Waals surface area contributed by atoms with E-state index in [-0.39, 0.29) is 6.10 Å². The third kappa shape index (κ3) is 3.99. The van der Waals surface area contributed by atoms with Gasteiger partial charge in [0.25, 0.3) is 0 Å². The number of hydrogen-bond acceptors (Lipinski definition) is 2. The van der Waals surface area contributed by atoms with E-state index in [0.717, 1.165) is 18.8 Å². The second-order valence-corrected chi connectivity index (χ2v) is 3.63. The molecule has 1 rings (SSSR count). The molecule has 0 fully saturated rings. The number of nitrogens with one attached hydrogen (secondary N) is 1. The zero-order valence-electron chi connectivity index (χ0n) is 8.59. The highest BCUT2D eigenvalue weighted by Gasteiger charge is 2.02. The minimum atomic E-state index is 0.161. The summed E-state index contributed by atoms with van der Waals surface area (Å²) in [6, 6.07) is 7.46. The molecule has 0 aliphatic rings. The zero-order chi connectivity index (χ0) is 10.4. The smallest absolute Gasteiger partial charge is 0.121 e. The maximum absolute atomic E-state index is 5.84. The number of benzene rings is 1. The number of likely N-dealkylation sites (N-methyl/N-ethyl adjacent to an activating group) is 1. The fourth-order valence-electron chi connectivity index (χ4n) is 1.16. The molecule has 0 radical (unpaired) electrons. The summed E-state index contributed by atoms with van der Waals surface area (Å²) in [5.41, 5.74) is 0. The van der Waals surface area contributed by atoms with E-state index in [1.54, 1.807) is 0 Å². The summed E-state index contributed by atoms with van der Waals surface area (Å²) in [6.45, 7) is 5.92. The Morgan fingerprint density at radius 2 is 2.29 bits per heavy atom. The van der Waals surface area contributed by atoms with Gasteiger partial charge in [0.1, 0.15) is 11.9 Å². The Labute approximate surface area is 90.2 Å². The lowest BCUT2D eigenvalue weighted by atomic mass is 10.3. The van der Waals surface area contributed by atoms with Crippen molar-refractivity contribution in [2.45, 2.75) is 20.0 Å². The summed E-state index contributed by atoms with van der Waals surface area (Å²) < 4.78 is 5.65. The first-order chi connectivity index (χ1) is 6.72. The van der Waals surface area contributed by atoms with Crippen molar-refractivity contribution in [2.75, 3.05) is 13.1 Å². The molecule has 0 aliphatic heterocycles. The van der Waals surface area contributed by atoms with Crippen LogP contribution in [0.25, 0.3) is 0 Å². The van der Waals surface area contributed by atoms with Gasteiger partial charge in [-0.25, -0.2) is 0 Å². The third-order valence-electron chi connectivity index (χ3n) is 1.82. The first kappa shape index (κ1) is 11.3. The van der Waals surface area contributed by atoms with E-state index in [1.807, 2.05) is 31.2 Å². The van der Waals surface area contributed by atoms with Crippen molar-refractivity contribution in [2.24, 2.45) is 0 Å². The Bertz CT molecular complexity index is 278. The van der Waals surface area contributed by atoms with Gasteiger partial charge in [0.05, 0.1) is 0 Å². The third-order valence-corrected chi connectivity index (χ3v) is 2.05. The molecule has 1 unspecified atom stereocenters. The molecular weight excluding hydrogens is 198 g/mol. The topological polar surface area (TPSA) is 21.3 Å². The standard InChI is InChI=1S/C11H16ClNO/c1-3-13-8-9(2)14-11-6-4-5-10(12)7-11/h4-7,9,13H,3,8H2,1-2H3. The van der Waals surface area contributed by atoms with Crippen LogP contribution in [0.15, 0.2) is 24.3 Å². The highest BCUT2D eigenvalue weighted by Crippen LogP contribution is 2.17. The maximum atomic E-state index is 5.84. The van der Waals surface area contributed by atoms with E-state index in [0.29, 0.717) is 5.02 Å². The van der Waals surface area contributed by atoms with E-state index in [2.05, 4.69) is 12.2 Å². The van der Waals surface area contributed by atoms with Gasteiger partial charge >= 0.3 is 0 Å². The van der Waals surface area contributed by atoms with Gasteiger partial charge in [-0.1, -0.05) is 24.6 Å². The van der Waals surface area contributed by atoms with Gasteiger partial charge < -0.3 is 10.1 Å². The Kier molecular flexibility index (Phi) is 4.77. The van der Waals surface area contributed by atoms with Crippen LogP contribution in [0.5, 0.6) is 5.75 Å². The molecule has 1 atom stereocenters. The Balaban J connectivity index is 2.43. The molecule has 78 valence electrons. The van der Waals surface area contributed by atoms with Gasteiger partial charge in [-0.15, -0.1) is 0 Å². The highest BCUT2D eigenvalue weighted by atomic mass is 35.5. The summed E-state index contributed by atoms with van der Waals surface area (Å²) in [4.78, 5) is 0. The molecule has 0 amide bonds. The molecular formula is C11H16ClNO. The van der Waals surface area contributed by atoms with Crippen LogP contribution in [0, 0.1) is 0 Å². The normalized spacial score (nSPS) is 12.5. The number of ether oxygens (including phenoxy) is 1. The number of hydrogen-bond donors (Lipinski definition) is 1. The van der Waals surface area contributed by atoms with Crippen molar-refractivity contribution in [3.8, 4) is 5.75 Å². The van der Waals surface area contributed by atoms with Crippen LogP contribution in [-0.4, -0.2) is 19.2 Å². The lowest BCUT2D eigenvalue weighted by Gasteiger charge is -2.14. The predicted molar refractivity (Wildman–Crippen MR) is 60.1 cm³/mol. The fraction of sp³-hybridized carbons (Fsp3) is 0.455. The number of halogens is 1. The molecule has 0 saturated heterocycles. The van der Waals surface area contributed by atoms with Crippen molar-refractivity contribution in [3.63, 3.8) is 0 Å². The summed E-state index contributed by atoms with van der Waals surface area (Å²) in [5.74, 6) is 0.822. The van der Waals surface area contributed by atoms with Crippen LogP contribution >= 0.6 is 11.6 Å². The van der Waals surface area contributed by atoms with Gasteiger partial charge in [0.2, 0.25) is 0 Å². The first-order valence-corrected chi connectivity index (χ1v) is 5.23. The second-order valence-electron chi connectivity index (χ2n) is 3.19. The first-order valence-electron chi connectivity index (χ1n) is 4.85. The summed E-state index contributed by atoms with van der Waals surface area (Å²) in [7, 11) is 0. The number of rotatable bonds is 5. The van der Waals surface area contributed by atoms with E-state index >= 15 is 0 Å². The van der Waals surface area contributed by atoms with Crippen LogP contribution < -0.4 is 10.1 Å². The maximum Gasteiger partial charge on any atom is 0.121 e. The molecule has 3 heteroatoms. The summed E-state index contributed by atoms with van der Waals surface area (Å²) >= 11 is 5.84. The molecule has 0 bridgehead atoms. The van der Waals surface area contributed by atoms with Crippen LogP contribution in [-0.2, 0) is 0 Å². The van der Waals surface area contributed by atoms with Gasteiger partial charge in [-0.3, -0.25) is 0 Å². The van der Waals surface area contributed by atoms with Crippen molar-refractivity contribution >= 4 is 11.6 Å². The van der Waals surface area contributed by atoms with Gasteiger partial charge in [-0.2, -0.15) is 0 Å². The molecule has 1 aromatic carbocycles. The van der Waals surface area contributed by atoms with Crippen molar-refractivity contribution in [1.82, 2.24) is 5.32 Å². The van der Waals surface area contributed by atoms with Crippen molar-refractivity contribution < 1.29 is 4.74 Å². The molecule has 0 spiro atoms. The van der Waals surface area contributed by atoms with Gasteiger partial charge in [0.15, 0.2) is 0 Å². The van der Waals surface area contributed by atoms with Crippen LogP contribution in [0.3, 0.4) is 0 Å². The highest BCUT2D eigenvalue weighted by molar-refractivity contribution is 6.30. The van der Waals surface area contributed by atoms with E-state index < -0.39 is 0 Å². The Morgan fingerprint density at radius 1 is 1.50 bits per heavy atom. The Hall–Kier alpha value is -0.730. The molecule has 0 aliphatic carbocycles. The summed E-state index contributed by atoms with van der Waals surface area (Å²) in [6.07, 6.45) is 0.161. The van der Waals surface area contributed by atoms with Crippen molar-refractivity contribution in [1.29, 1.82) is 0 Å². The minimum Gasteiger partial charge on any atom is -0.489 e. The molecule has 0 aromatic heterocycles. The molecule has 2 nitrogen and oxygen atoms in total. The average molecular weight is 214 g/mol. The molecule has 0 saturated carbocycles. The lowest BCUT2D eigenvalue weighted by Crippen LogP contribution is -2.28. The molecule has 0 heterocycles. The SMILES string of the molecule is CCNCC(C)Oc1cccc(Cl)c1. The largest absolute Gasteiger partial charge is 0.489 e. The monoisotopic (exact) mass is 213 g/mol. The molecule has 1 N–H and O–H groups in total. The van der Waals surface area contributed by atoms with Crippen LogP contribution in [0.1, 0.15) is 13.8 Å². The van der Waals surface area contributed by atoms with E-state index in [4.69, 9.17) is 16.3 Å². The van der Waals surface area contributed by atoms with Crippen molar-refractivity contribution in [3.05, 3.63) is 29.3 Å². The van der Waals surface area contributed by atoms with E-state index in [9.17, 15) is 0 Å². The fourth-order valence-corrected chi connectivity index (χ4v) is 1.34. The molecule has 14 heavy (non-hydrogen) atoms. The average Bonchev–Trinajstić information content (AvgIpc) is 2.15. The van der Waals surface area contributed by atoms with Crippen LogP contribution in [0.4, 0.5) is 0 Å². The molecule has 1 aromatic rings. The van der Waals surface area contributed by atoms with E-state index in [1.165, 1.54) is 0 Å². The lowest BCUT2D eigenvalue weighted by molar-refractivity contribution is 0.218.